The number of nitrogens with zero attached hydrogens (tertiary/aromatic N) is 1. The van der Waals surface area contributed by atoms with Crippen LogP contribution >= 0.6 is 0 Å². The van der Waals surface area contributed by atoms with Gasteiger partial charge in [-0.05, 0) is 56.2 Å². The van der Waals surface area contributed by atoms with E-state index in [1.807, 2.05) is 12.1 Å². The molecule has 0 saturated heterocycles. The SMILES string of the molecule is Cc1ccc(OCc2cc3c(C)cc(C)cc3n2C)cc1. The summed E-state index contributed by atoms with van der Waals surface area (Å²) >= 11 is 0. The Morgan fingerprint density at radius 3 is 2.33 bits per heavy atom. The smallest absolute Gasteiger partial charge is 0.128 e. The van der Waals surface area contributed by atoms with Crippen LogP contribution in [0, 0.1) is 20.8 Å². The lowest BCUT2D eigenvalue weighted by Gasteiger charge is -2.08. The molecule has 0 aliphatic rings. The number of fused-ring (bicyclic) bond motifs is 1. The standard InChI is InChI=1S/C19H21NO/c1-13-5-7-17(8-6-13)21-12-16-11-18-15(3)9-14(2)10-19(18)20(16)4/h5-11H,12H2,1-4H3. The highest BCUT2D eigenvalue weighted by molar-refractivity contribution is 5.85. The summed E-state index contributed by atoms with van der Waals surface area (Å²) in [5.74, 6) is 0.916. The number of hydrogen-bond acceptors (Lipinski definition) is 1. The summed E-state index contributed by atoms with van der Waals surface area (Å²) in [5.41, 5.74) is 6.33. The molecule has 1 heterocycles. The normalized spacial score (nSPS) is 11.0. The van der Waals surface area contributed by atoms with E-state index in [0.29, 0.717) is 6.61 Å². The topological polar surface area (TPSA) is 14.2 Å². The van der Waals surface area contributed by atoms with Gasteiger partial charge in [-0.3, -0.25) is 0 Å². The Labute approximate surface area is 126 Å². The number of ether oxygens (including phenoxy) is 1. The molecule has 2 nitrogen and oxygen atoms in total. The van der Waals surface area contributed by atoms with Crippen molar-refractivity contribution in [2.75, 3.05) is 0 Å². The third-order valence-electron chi connectivity index (χ3n) is 4.02. The molecule has 0 aliphatic carbocycles. The van der Waals surface area contributed by atoms with Crippen LogP contribution in [0.5, 0.6) is 5.75 Å². The Kier molecular flexibility index (Phi) is 3.46. The number of aryl methyl sites for hydroxylation is 4. The first-order valence-electron chi connectivity index (χ1n) is 7.29. The molecule has 2 aromatic carbocycles. The highest BCUT2D eigenvalue weighted by Gasteiger charge is 2.09. The zero-order chi connectivity index (χ0) is 15.0. The Balaban J connectivity index is 1.89. The van der Waals surface area contributed by atoms with Crippen LogP contribution in [0.25, 0.3) is 10.9 Å². The first-order chi connectivity index (χ1) is 10.0. The molecule has 0 spiro atoms. The highest BCUT2D eigenvalue weighted by atomic mass is 16.5. The van der Waals surface area contributed by atoms with Gasteiger partial charge in [0.2, 0.25) is 0 Å². The lowest BCUT2D eigenvalue weighted by atomic mass is 10.1. The van der Waals surface area contributed by atoms with Crippen molar-refractivity contribution in [1.29, 1.82) is 0 Å². The summed E-state index contributed by atoms with van der Waals surface area (Å²) in [6.45, 7) is 6.98. The minimum atomic E-state index is 0.590. The molecule has 0 amide bonds. The maximum Gasteiger partial charge on any atom is 0.128 e. The summed E-state index contributed by atoms with van der Waals surface area (Å²) in [4.78, 5) is 0. The summed E-state index contributed by atoms with van der Waals surface area (Å²) in [6.07, 6.45) is 0. The van der Waals surface area contributed by atoms with Crippen molar-refractivity contribution in [1.82, 2.24) is 4.57 Å². The van der Waals surface area contributed by atoms with E-state index in [2.05, 4.69) is 62.7 Å². The number of rotatable bonds is 3. The van der Waals surface area contributed by atoms with Crippen LogP contribution in [0.15, 0.2) is 42.5 Å². The van der Waals surface area contributed by atoms with Crippen LogP contribution < -0.4 is 4.74 Å². The highest BCUT2D eigenvalue weighted by Crippen LogP contribution is 2.25. The first kappa shape index (κ1) is 13.7. The fourth-order valence-electron chi connectivity index (χ4n) is 2.77. The third-order valence-corrected chi connectivity index (χ3v) is 4.02. The molecule has 3 aromatic rings. The maximum absolute atomic E-state index is 5.91. The largest absolute Gasteiger partial charge is 0.487 e. The van der Waals surface area contributed by atoms with Gasteiger partial charge in [0.15, 0.2) is 0 Å². The second-order valence-corrected chi connectivity index (χ2v) is 5.81. The van der Waals surface area contributed by atoms with E-state index in [-0.39, 0.29) is 0 Å². The van der Waals surface area contributed by atoms with Gasteiger partial charge in [-0.25, -0.2) is 0 Å². The lowest BCUT2D eigenvalue weighted by molar-refractivity contribution is 0.297. The zero-order valence-corrected chi connectivity index (χ0v) is 13.1. The predicted octanol–water partition coefficient (Wildman–Crippen LogP) is 4.68. The molecule has 0 radical (unpaired) electrons. The second kappa shape index (κ2) is 5.28. The van der Waals surface area contributed by atoms with Gasteiger partial charge in [-0.15, -0.1) is 0 Å². The number of aromatic nitrogens is 1. The number of benzene rings is 2. The minimum Gasteiger partial charge on any atom is -0.487 e. The molecular formula is C19H21NO. The molecule has 0 bridgehead atoms. The van der Waals surface area contributed by atoms with Gasteiger partial charge < -0.3 is 9.30 Å². The van der Waals surface area contributed by atoms with E-state index in [1.165, 1.54) is 33.3 Å². The van der Waals surface area contributed by atoms with Crippen molar-refractivity contribution in [3.8, 4) is 5.75 Å². The average molecular weight is 279 g/mol. The van der Waals surface area contributed by atoms with Crippen molar-refractivity contribution < 1.29 is 4.74 Å². The molecule has 1 aromatic heterocycles. The summed E-state index contributed by atoms with van der Waals surface area (Å²) in [6, 6.07) is 14.9. The van der Waals surface area contributed by atoms with Gasteiger partial charge in [-0.2, -0.15) is 0 Å². The van der Waals surface area contributed by atoms with Gasteiger partial charge >= 0.3 is 0 Å². The van der Waals surface area contributed by atoms with E-state index in [0.717, 1.165) is 5.75 Å². The fourth-order valence-corrected chi connectivity index (χ4v) is 2.77. The molecule has 2 heteroatoms. The molecule has 0 unspecified atom stereocenters. The van der Waals surface area contributed by atoms with Crippen LogP contribution in [0.3, 0.4) is 0 Å². The van der Waals surface area contributed by atoms with E-state index in [9.17, 15) is 0 Å². The van der Waals surface area contributed by atoms with E-state index >= 15 is 0 Å². The van der Waals surface area contributed by atoms with Crippen LogP contribution in [-0.2, 0) is 13.7 Å². The Morgan fingerprint density at radius 2 is 1.62 bits per heavy atom. The monoisotopic (exact) mass is 279 g/mol. The quantitative estimate of drug-likeness (QED) is 0.679. The summed E-state index contributed by atoms with van der Waals surface area (Å²) in [7, 11) is 2.11. The van der Waals surface area contributed by atoms with Gasteiger partial charge in [0.25, 0.3) is 0 Å². The molecule has 21 heavy (non-hydrogen) atoms. The minimum absolute atomic E-state index is 0.590. The molecule has 0 N–H and O–H groups in total. The average Bonchev–Trinajstić information content (AvgIpc) is 2.76. The first-order valence-corrected chi connectivity index (χ1v) is 7.29. The van der Waals surface area contributed by atoms with Gasteiger partial charge in [0, 0.05) is 18.0 Å². The fraction of sp³-hybridized carbons (Fsp3) is 0.263. The number of hydrogen-bond donors (Lipinski definition) is 0. The Bertz CT molecular complexity index is 781. The maximum atomic E-state index is 5.91. The molecule has 0 fully saturated rings. The van der Waals surface area contributed by atoms with E-state index < -0.39 is 0 Å². The Morgan fingerprint density at radius 1 is 0.905 bits per heavy atom. The van der Waals surface area contributed by atoms with Crippen LogP contribution in [0.2, 0.25) is 0 Å². The Hall–Kier alpha value is -2.22. The zero-order valence-electron chi connectivity index (χ0n) is 13.1. The van der Waals surface area contributed by atoms with Crippen LogP contribution in [0.1, 0.15) is 22.4 Å². The summed E-state index contributed by atoms with van der Waals surface area (Å²) < 4.78 is 8.13. The molecular weight excluding hydrogens is 258 g/mol. The van der Waals surface area contributed by atoms with Crippen LogP contribution in [0.4, 0.5) is 0 Å². The molecule has 3 rings (SSSR count). The third kappa shape index (κ3) is 2.66. The van der Waals surface area contributed by atoms with Crippen molar-refractivity contribution in [3.05, 3.63) is 64.8 Å². The summed E-state index contributed by atoms with van der Waals surface area (Å²) in [5, 5.41) is 1.31. The molecule has 0 saturated carbocycles. The van der Waals surface area contributed by atoms with Gasteiger partial charge in [0.05, 0.1) is 5.69 Å². The van der Waals surface area contributed by atoms with Crippen LogP contribution in [-0.4, -0.2) is 4.57 Å². The van der Waals surface area contributed by atoms with Gasteiger partial charge in [-0.1, -0.05) is 23.8 Å². The van der Waals surface area contributed by atoms with Crippen molar-refractivity contribution in [2.45, 2.75) is 27.4 Å². The van der Waals surface area contributed by atoms with E-state index in [1.54, 1.807) is 0 Å². The second-order valence-electron chi connectivity index (χ2n) is 5.81. The molecule has 108 valence electrons. The van der Waals surface area contributed by atoms with Crippen molar-refractivity contribution >= 4 is 10.9 Å². The predicted molar refractivity (Wildman–Crippen MR) is 87.9 cm³/mol. The van der Waals surface area contributed by atoms with Crippen molar-refractivity contribution in [3.63, 3.8) is 0 Å². The van der Waals surface area contributed by atoms with Crippen molar-refractivity contribution in [2.24, 2.45) is 7.05 Å². The molecule has 0 aliphatic heterocycles. The lowest BCUT2D eigenvalue weighted by Crippen LogP contribution is -2.01. The van der Waals surface area contributed by atoms with Gasteiger partial charge in [0.1, 0.15) is 12.4 Å². The molecule has 0 atom stereocenters. The van der Waals surface area contributed by atoms with E-state index in [4.69, 9.17) is 4.74 Å².